The highest BCUT2D eigenvalue weighted by atomic mass is 19.3. The van der Waals surface area contributed by atoms with E-state index in [1.54, 1.807) is 12.3 Å². The van der Waals surface area contributed by atoms with E-state index in [1.807, 2.05) is 18.2 Å². The molecule has 0 aliphatic carbocycles. The summed E-state index contributed by atoms with van der Waals surface area (Å²) in [5.41, 5.74) is 0.977. The number of hydrogen-bond donors (Lipinski definition) is 0. The Hall–Kier alpha value is -2.31. The Morgan fingerprint density at radius 2 is 2.10 bits per heavy atom. The number of hydrogen-bond acceptors (Lipinski definition) is 5. The second-order valence-electron chi connectivity index (χ2n) is 4.71. The van der Waals surface area contributed by atoms with Gasteiger partial charge >= 0.3 is 6.61 Å². The van der Waals surface area contributed by atoms with E-state index < -0.39 is 6.61 Å². The van der Waals surface area contributed by atoms with Gasteiger partial charge in [-0.1, -0.05) is 6.07 Å². The molecular formula is C14H14F2N4O. The summed E-state index contributed by atoms with van der Waals surface area (Å²) in [5.74, 6) is 0.465. The van der Waals surface area contributed by atoms with Crippen LogP contribution in [0.5, 0.6) is 5.88 Å². The Balaban J connectivity index is 1.79. The van der Waals surface area contributed by atoms with E-state index >= 15 is 0 Å². The molecule has 0 bridgehead atoms. The van der Waals surface area contributed by atoms with Crippen LogP contribution in [0.4, 0.5) is 14.6 Å². The van der Waals surface area contributed by atoms with Crippen LogP contribution >= 0.6 is 0 Å². The van der Waals surface area contributed by atoms with Gasteiger partial charge in [-0.2, -0.15) is 8.78 Å². The van der Waals surface area contributed by atoms with E-state index in [4.69, 9.17) is 0 Å². The van der Waals surface area contributed by atoms with Crippen LogP contribution in [0.3, 0.4) is 0 Å². The van der Waals surface area contributed by atoms with Gasteiger partial charge in [0.1, 0.15) is 0 Å². The van der Waals surface area contributed by atoms with Crippen LogP contribution < -0.4 is 9.64 Å². The number of aromatic nitrogens is 3. The van der Waals surface area contributed by atoms with Crippen LogP contribution in [0.15, 0.2) is 36.5 Å². The predicted octanol–water partition coefficient (Wildman–Crippen LogP) is 2.81. The molecule has 2 aromatic rings. The smallest absolute Gasteiger partial charge is 0.388 e. The highest BCUT2D eigenvalue weighted by Crippen LogP contribution is 2.34. The van der Waals surface area contributed by atoms with Crippen molar-refractivity contribution >= 4 is 5.82 Å². The minimum atomic E-state index is -2.89. The van der Waals surface area contributed by atoms with Crippen molar-refractivity contribution < 1.29 is 13.5 Å². The third kappa shape index (κ3) is 3.07. The lowest BCUT2D eigenvalue weighted by Crippen LogP contribution is -2.24. The number of halogens is 2. The van der Waals surface area contributed by atoms with E-state index in [2.05, 4.69) is 24.8 Å². The van der Waals surface area contributed by atoms with Crippen molar-refractivity contribution in [2.75, 3.05) is 11.4 Å². The molecular weight excluding hydrogens is 278 g/mol. The van der Waals surface area contributed by atoms with Gasteiger partial charge in [0, 0.05) is 18.8 Å². The first-order chi connectivity index (χ1) is 10.2. The molecule has 2 aromatic heterocycles. The molecule has 0 radical (unpaired) electrons. The van der Waals surface area contributed by atoms with E-state index in [1.165, 1.54) is 6.07 Å². The standard InChI is InChI=1S/C14H14F2N4O/c15-14(16)21-13-7-6-12(18-19-13)20-9-3-5-11(20)10-4-1-2-8-17-10/h1-2,4,6-8,11,14H,3,5,9H2. The maximum atomic E-state index is 12.1. The molecule has 0 saturated carbocycles. The SMILES string of the molecule is FC(F)Oc1ccc(N2CCCC2c2ccccn2)nn1. The largest absolute Gasteiger partial charge is 0.415 e. The van der Waals surface area contributed by atoms with Gasteiger partial charge in [0.05, 0.1) is 11.7 Å². The Morgan fingerprint density at radius 1 is 1.19 bits per heavy atom. The van der Waals surface area contributed by atoms with Crippen molar-refractivity contribution in [3.63, 3.8) is 0 Å². The zero-order valence-corrected chi connectivity index (χ0v) is 11.2. The van der Waals surface area contributed by atoms with Gasteiger partial charge < -0.3 is 9.64 Å². The average Bonchev–Trinajstić information content (AvgIpc) is 2.98. The normalized spacial score (nSPS) is 18.2. The van der Waals surface area contributed by atoms with Gasteiger partial charge in [-0.05, 0) is 31.0 Å². The number of ether oxygens (including phenoxy) is 1. The van der Waals surface area contributed by atoms with Crippen molar-refractivity contribution in [2.24, 2.45) is 0 Å². The van der Waals surface area contributed by atoms with Gasteiger partial charge in [0.25, 0.3) is 0 Å². The summed E-state index contributed by atoms with van der Waals surface area (Å²) in [4.78, 5) is 6.46. The molecule has 7 heteroatoms. The lowest BCUT2D eigenvalue weighted by molar-refractivity contribution is -0.0534. The highest BCUT2D eigenvalue weighted by molar-refractivity contribution is 5.42. The van der Waals surface area contributed by atoms with Crippen LogP contribution in [0.25, 0.3) is 0 Å². The van der Waals surface area contributed by atoms with E-state index in [9.17, 15) is 8.78 Å². The highest BCUT2D eigenvalue weighted by Gasteiger charge is 2.28. The van der Waals surface area contributed by atoms with Crippen LogP contribution in [0.1, 0.15) is 24.6 Å². The van der Waals surface area contributed by atoms with Crippen molar-refractivity contribution in [3.05, 3.63) is 42.2 Å². The van der Waals surface area contributed by atoms with E-state index in [-0.39, 0.29) is 11.9 Å². The third-order valence-corrected chi connectivity index (χ3v) is 3.41. The number of anilines is 1. The molecule has 1 unspecified atom stereocenters. The van der Waals surface area contributed by atoms with Gasteiger partial charge in [0.2, 0.25) is 5.88 Å². The number of pyridine rings is 1. The second-order valence-corrected chi connectivity index (χ2v) is 4.71. The quantitative estimate of drug-likeness (QED) is 0.867. The first-order valence-corrected chi connectivity index (χ1v) is 6.70. The first-order valence-electron chi connectivity index (χ1n) is 6.70. The van der Waals surface area contributed by atoms with E-state index in [0.717, 1.165) is 25.1 Å². The molecule has 110 valence electrons. The molecule has 3 rings (SSSR count). The molecule has 1 saturated heterocycles. The second kappa shape index (κ2) is 5.99. The number of alkyl halides is 2. The molecule has 1 fully saturated rings. The summed E-state index contributed by atoms with van der Waals surface area (Å²) < 4.78 is 28.4. The summed E-state index contributed by atoms with van der Waals surface area (Å²) in [7, 11) is 0. The van der Waals surface area contributed by atoms with Crippen LogP contribution in [-0.2, 0) is 0 Å². The van der Waals surface area contributed by atoms with Gasteiger partial charge in [-0.3, -0.25) is 4.98 Å². The summed E-state index contributed by atoms with van der Waals surface area (Å²) in [6.07, 6.45) is 3.77. The summed E-state index contributed by atoms with van der Waals surface area (Å²) >= 11 is 0. The molecule has 0 aromatic carbocycles. The molecule has 3 heterocycles. The minimum Gasteiger partial charge on any atom is -0.415 e. The molecule has 0 spiro atoms. The Morgan fingerprint density at radius 3 is 2.76 bits per heavy atom. The zero-order valence-electron chi connectivity index (χ0n) is 11.2. The summed E-state index contributed by atoms with van der Waals surface area (Å²) in [5, 5.41) is 7.66. The minimum absolute atomic E-state index is 0.141. The molecule has 1 aliphatic heterocycles. The lowest BCUT2D eigenvalue weighted by Gasteiger charge is -2.24. The summed E-state index contributed by atoms with van der Waals surface area (Å²) in [6, 6.07) is 8.99. The monoisotopic (exact) mass is 292 g/mol. The van der Waals surface area contributed by atoms with Crippen molar-refractivity contribution in [1.82, 2.24) is 15.2 Å². The zero-order chi connectivity index (χ0) is 14.7. The Bertz CT molecular complexity index is 579. The fourth-order valence-corrected chi connectivity index (χ4v) is 2.54. The van der Waals surface area contributed by atoms with Gasteiger partial charge in [-0.25, -0.2) is 0 Å². The molecule has 0 amide bonds. The van der Waals surface area contributed by atoms with E-state index in [0.29, 0.717) is 5.82 Å². The molecule has 1 atom stereocenters. The summed E-state index contributed by atoms with van der Waals surface area (Å²) in [6.45, 7) is -2.05. The van der Waals surface area contributed by atoms with Crippen molar-refractivity contribution in [3.8, 4) is 5.88 Å². The average molecular weight is 292 g/mol. The fraction of sp³-hybridized carbons (Fsp3) is 0.357. The molecule has 21 heavy (non-hydrogen) atoms. The third-order valence-electron chi connectivity index (χ3n) is 3.41. The maximum absolute atomic E-state index is 12.1. The van der Waals surface area contributed by atoms with Gasteiger partial charge in [0.15, 0.2) is 5.82 Å². The predicted molar refractivity (Wildman–Crippen MR) is 72.2 cm³/mol. The maximum Gasteiger partial charge on any atom is 0.388 e. The fourth-order valence-electron chi connectivity index (χ4n) is 2.54. The molecule has 5 nitrogen and oxygen atoms in total. The number of nitrogens with zero attached hydrogens (tertiary/aromatic N) is 4. The van der Waals surface area contributed by atoms with Crippen molar-refractivity contribution in [1.29, 1.82) is 0 Å². The van der Waals surface area contributed by atoms with Crippen LogP contribution in [0.2, 0.25) is 0 Å². The molecule has 1 aliphatic rings. The Labute approximate surface area is 120 Å². The van der Waals surface area contributed by atoms with Gasteiger partial charge in [-0.15, -0.1) is 10.2 Å². The van der Waals surface area contributed by atoms with Crippen LogP contribution in [-0.4, -0.2) is 28.3 Å². The first kappa shape index (κ1) is 13.7. The topological polar surface area (TPSA) is 51.1 Å². The van der Waals surface area contributed by atoms with Crippen LogP contribution in [0, 0.1) is 0 Å². The lowest BCUT2D eigenvalue weighted by atomic mass is 10.1. The molecule has 0 N–H and O–H groups in total. The van der Waals surface area contributed by atoms with Crippen molar-refractivity contribution in [2.45, 2.75) is 25.5 Å². The number of rotatable bonds is 4. The Kier molecular flexibility index (Phi) is 3.89.